The van der Waals surface area contributed by atoms with E-state index >= 15 is 0 Å². The van der Waals surface area contributed by atoms with Gasteiger partial charge in [-0.05, 0) is 25.1 Å². The van der Waals surface area contributed by atoms with Gasteiger partial charge in [-0.2, -0.15) is 5.10 Å². The fraction of sp³-hybridized carbons (Fsp3) is 0.0833. The number of thiophene rings is 1. The molecule has 108 valence electrons. The van der Waals surface area contributed by atoms with Crippen molar-refractivity contribution < 1.29 is 9.85 Å². The van der Waals surface area contributed by atoms with Crippen LogP contribution in [0.3, 0.4) is 0 Å². The molecule has 0 bridgehead atoms. The average molecular weight is 306 g/mol. The monoisotopic (exact) mass is 306 g/mol. The lowest BCUT2D eigenvalue weighted by Crippen LogP contribution is -1.98. The van der Waals surface area contributed by atoms with Gasteiger partial charge in [0.1, 0.15) is 5.69 Å². The predicted octanol–water partition coefficient (Wildman–Crippen LogP) is 3.32. The highest BCUT2D eigenvalue weighted by atomic mass is 32.1. The molecule has 21 heavy (non-hydrogen) atoms. The predicted molar refractivity (Wildman–Crippen MR) is 80.0 cm³/mol. The molecule has 0 aliphatic carbocycles. The molecule has 1 heterocycles. The Balaban J connectivity index is 2.21. The molecule has 1 aromatic carbocycles. The molecule has 0 aliphatic heterocycles. The second-order valence-electron chi connectivity index (χ2n) is 4.03. The number of rotatable bonds is 5. The smallest absolute Gasteiger partial charge is 0.272 e. The molecule has 0 fully saturated rings. The van der Waals surface area contributed by atoms with Crippen molar-refractivity contribution in [3.63, 3.8) is 0 Å². The van der Waals surface area contributed by atoms with E-state index in [1.807, 2.05) is 19.1 Å². The first kappa shape index (κ1) is 14.6. The molecule has 2 rings (SSSR count). The molecular weight excluding hydrogens is 296 g/mol. The number of anilines is 1. The van der Waals surface area contributed by atoms with Gasteiger partial charge in [0.2, 0.25) is 0 Å². The van der Waals surface area contributed by atoms with Crippen molar-refractivity contribution >= 4 is 34.6 Å². The Morgan fingerprint density at radius 3 is 2.52 bits per heavy atom. The molecule has 0 aliphatic rings. The number of hydrazone groups is 1. The molecule has 0 amide bonds. The Morgan fingerprint density at radius 1 is 1.19 bits per heavy atom. The van der Waals surface area contributed by atoms with Crippen LogP contribution in [-0.2, 0) is 0 Å². The molecule has 0 spiro atoms. The molecule has 0 unspecified atom stereocenters. The summed E-state index contributed by atoms with van der Waals surface area (Å²) in [5.41, 5.74) is 1.88. The molecule has 8 nitrogen and oxygen atoms in total. The SMILES string of the molecule is Cc1ccc(/C=N/Nc2ccc([N+](=O)[O-])cc2[N+](=O)[O-])s1. The lowest BCUT2D eigenvalue weighted by atomic mass is 10.2. The number of nitrogens with zero attached hydrogens (tertiary/aromatic N) is 3. The maximum atomic E-state index is 10.9. The Labute approximate surface area is 123 Å². The number of nitro benzene ring substituents is 2. The minimum atomic E-state index is -0.694. The van der Waals surface area contributed by atoms with Gasteiger partial charge in [-0.25, -0.2) is 0 Å². The van der Waals surface area contributed by atoms with Gasteiger partial charge < -0.3 is 0 Å². The van der Waals surface area contributed by atoms with Crippen LogP contribution in [0.25, 0.3) is 0 Å². The molecule has 0 atom stereocenters. The standard InChI is InChI=1S/C12H10N4O4S/c1-8-2-4-10(21-8)7-13-14-11-5-3-9(15(17)18)6-12(11)16(19)20/h2-7,14H,1H3/b13-7+. The third-order valence-electron chi connectivity index (χ3n) is 2.53. The molecular formula is C12H10N4O4S. The zero-order valence-electron chi connectivity index (χ0n) is 10.8. The van der Waals surface area contributed by atoms with E-state index in [9.17, 15) is 20.2 Å². The van der Waals surface area contributed by atoms with Gasteiger partial charge in [0.15, 0.2) is 0 Å². The van der Waals surface area contributed by atoms with E-state index in [-0.39, 0.29) is 11.4 Å². The molecule has 9 heteroatoms. The highest BCUT2D eigenvalue weighted by molar-refractivity contribution is 7.13. The first-order valence-electron chi connectivity index (χ1n) is 5.75. The third-order valence-corrected chi connectivity index (χ3v) is 3.46. The number of nitro groups is 2. The van der Waals surface area contributed by atoms with Gasteiger partial charge in [0, 0.05) is 15.8 Å². The van der Waals surface area contributed by atoms with Crippen LogP contribution >= 0.6 is 11.3 Å². The summed E-state index contributed by atoms with van der Waals surface area (Å²) in [7, 11) is 0. The zero-order valence-corrected chi connectivity index (χ0v) is 11.7. The van der Waals surface area contributed by atoms with Crippen molar-refractivity contribution in [2.45, 2.75) is 6.92 Å². The van der Waals surface area contributed by atoms with Crippen LogP contribution in [0.1, 0.15) is 9.75 Å². The van der Waals surface area contributed by atoms with Crippen molar-refractivity contribution in [1.29, 1.82) is 0 Å². The summed E-state index contributed by atoms with van der Waals surface area (Å²) in [5, 5.41) is 25.5. The van der Waals surface area contributed by atoms with Crippen molar-refractivity contribution in [3.05, 3.63) is 60.3 Å². The number of hydrogen-bond acceptors (Lipinski definition) is 7. The zero-order chi connectivity index (χ0) is 15.4. The minimum Gasteiger partial charge on any atom is -0.272 e. The third kappa shape index (κ3) is 3.60. The van der Waals surface area contributed by atoms with Crippen LogP contribution in [0.15, 0.2) is 35.4 Å². The molecule has 1 aromatic heterocycles. The summed E-state index contributed by atoms with van der Waals surface area (Å²) in [6, 6.07) is 7.14. The molecule has 0 saturated heterocycles. The van der Waals surface area contributed by atoms with Crippen molar-refractivity contribution in [2.24, 2.45) is 5.10 Å². The van der Waals surface area contributed by atoms with Crippen LogP contribution in [0, 0.1) is 27.2 Å². The first-order valence-corrected chi connectivity index (χ1v) is 6.57. The normalized spacial score (nSPS) is 10.7. The Hall–Kier alpha value is -2.81. The second-order valence-corrected chi connectivity index (χ2v) is 5.35. The first-order chi connectivity index (χ1) is 9.97. The highest BCUT2D eigenvalue weighted by Crippen LogP contribution is 2.28. The number of aryl methyl sites for hydroxylation is 1. The summed E-state index contributed by atoms with van der Waals surface area (Å²) in [6.07, 6.45) is 1.53. The van der Waals surface area contributed by atoms with E-state index in [2.05, 4.69) is 10.5 Å². The summed E-state index contributed by atoms with van der Waals surface area (Å²) in [5.74, 6) is 0. The van der Waals surface area contributed by atoms with Gasteiger partial charge in [0.05, 0.1) is 22.1 Å². The van der Waals surface area contributed by atoms with E-state index in [4.69, 9.17) is 0 Å². The average Bonchev–Trinajstić information content (AvgIpc) is 2.84. The van der Waals surface area contributed by atoms with Crippen LogP contribution in [0.5, 0.6) is 0 Å². The summed E-state index contributed by atoms with van der Waals surface area (Å²) < 4.78 is 0. The Kier molecular flexibility index (Phi) is 4.24. The Morgan fingerprint density at radius 2 is 1.95 bits per heavy atom. The van der Waals surface area contributed by atoms with Crippen LogP contribution < -0.4 is 5.43 Å². The largest absolute Gasteiger partial charge is 0.301 e. The van der Waals surface area contributed by atoms with Gasteiger partial charge in [-0.3, -0.25) is 25.7 Å². The maximum Gasteiger partial charge on any atom is 0.301 e. The lowest BCUT2D eigenvalue weighted by molar-refractivity contribution is -0.393. The van der Waals surface area contributed by atoms with Gasteiger partial charge in [-0.1, -0.05) is 0 Å². The van der Waals surface area contributed by atoms with Crippen molar-refractivity contribution in [2.75, 3.05) is 5.43 Å². The summed E-state index contributed by atoms with van der Waals surface area (Å²) in [4.78, 5) is 22.2. The molecule has 0 radical (unpaired) electrons. The van der Waals surface area contributed by atoms with Gasteiger partial charge >= 0.3 is 5.69 Å². The van der Waals surface area contributed by atoms with Gasteiger partial charge in [0.25, 0.3) is 5.69 Å². The molecule has 1 N–H and O–H groups in total. The molecule has 0 saturated carbocycles. The topological polar surface area (TPSA) is 111 Å². The maximum absolute atomic E-state index is 10.9. The van der Waals surface area contributed by atoms with E-state index in [0.29, 0.717) is 0 Å². The Bertz CT molecular complexity index is 726. The summed E-state index contributed by atoms with van der Waals surface area (Å²) >= 11 is 1.53. The number of non-ortho nitro benzene ring substituents is 1. The second kappa shape index (κ2) is 6.09. The quantitative estimate of drug-likeness (QED) is 0.517. The minimum absolute atomic E-state index is 0.0927. The van der Waals surface area contributed by atoms with Crippen LogP contribution in [-0.4, -0.2) is 16.1 Å². The lowest BCUT2D eigenvalue weighted by Gasteiger charge is -2.01. The number of benzene rings is 1. The van der Waals surface area contributed by atoms with E-state index in [0.717, 1.165) is 15.8 Å². The van der Waals surface area contributed by atoms with E-state index < -0.39 is 15.5 Å². The number of nitrogens with one attached hydrogen (secondary N) is 1. The fourth-order valence-electron chi connectivity index (χ4n) is 1.57. The van der Waals surface area contributed by atoms with E-state index in [1.165, 1.54) is 29.7 Å². The van der Waals surface area contributed by atoms with E-state index in [1.54, 1.807) is 0 Å². The highest BCUT2D eigenvalue weighted by Gasteiger charge is 2.18. The molecule has 2 aromatic rings. The fourth-order valence-corrected chi connectivity index (χ4v) is 2.32. The van der Waals surface area contributed by atoms with Gasteiger partial charge in [-0.15, -0.1) is 11.3 Å². The van der Waals surface area contributed by atoms with Crippen LogP contribution in [0.4, 0.5) is 17.1 Å². The van der Waals surface area contributed by atoms with Crippen molar-refractivity contribution in [3.8, 4) is 0 Å². The number of hydrogen-bond donors (Lipinski definition) is 1. The van der Waals surface area contributed by atoms with Crippen molar-refractivity contribution in [1.82, 2.24) is 0 Å². The summed E-state index contributed by atoms with van der Waals surface area (Å²) in [6.45, 7) is 1.95. The van der Waals surface area contributed by atoms with Crippen LogP contribution in [0.2, 0.25) is 0 Å².